The second-order valence-corrected chi connectivity index (χ2v) is 5.83. The van der Waals surface area contributed by atoms with Gasteiger partial charge in [0.15, 0.2) is 0 Å². The highest BCUT2D eigenvalue weighted by Crippen LogP contribution is 2.51. The lowest BCUT2D eigenvalue weighted by Gasteiger charge is -2.43. The van der Waals surface area contributed by atoms with Crippen LogP contribution in [-0.2, 0) is 16.6 Å². The lowest BCUT2D eigenvalue weighted by Crippen LogP contribution is -2.54. The first-order valence-corrected chi connectivity index (χ1v) is 6.82. The Morgan fingerprint density at radius 1 is 1.30 bits per heavy atom. The topological polar surface area (TPSA) is 77.8 Å². The van der Waals surface area contributed by atoms with Gasteiger partial charge in [-0.25, -0.2) is 0 Å². The van der Waals surface area contributed by atoms with E-state index in [-0.39, 0.29) is 0 Å². The Hall–Kier alpha value is -1.65. The number of allylic oxidation sites excluding steroid dienone is 1. The first-order chi connectivity index (χ1) is 9.48. The van der Waals surface area contributed by atoms with Crippen LogP contribution in [0.3, 0.4) is 0 Å². The molecule has 2 aliphatic rings. The molecular formula is C16H18O4. The van der Waals surface area contributed by atoms with Crippen LogP contribution in [0.1, 0.15) is 24.5 Å². The molecule has 0 saturated carbocycles. The maximum Gasteiger partial charge on any atom is 0.307 e. The predicted octanol–water partition coefficient (Wildman–Crippen LogP) is 1.25. The van der Waals surface area contributed by atoms with Crippen LogP contribution in [-0.4, -0.2) is 33.5 Å². The van der Waals surface area contributed by atoms with Crippen LogP contribution in [0.4, 0.5) is 0 Å². The number of benzene rings is 1. The van der Waals surface area contributed by atoms with Crippen LogP contribution in [0.2, 0.25) is 0 Å². The van der Waals surface area contributed by atoms with Gasteiger partial charge in [0.2, 0.25) is 0 Å². The van der Waals surface area contributed by atoms with Gasteiger partial charge in [0.05, 0.1) is 12.0 Å². The Kier molecular flexibility index (Phi) is 2.96. The lowest BCUT2D eigenvalue weighted by atomic mass is 9.63. The van der Waals surface area contributed by atoms with Gasteiger partial charge in [-0.1, -0.05) is 30.3 Å². The van der Waals surface area contributed by atoms with Gasteiger partial charge in [-0.2, -0.15) is 0 Å². The van der Waals surface area contributed by atoms with Crippen molar-refractivity contribution in [1.82, 2.24) is 0 Å². The highest BCUT2D eigenvalue weighted by Gasteiger charge is 2.57. The second kappa shape index (κ2) is 4.43. The Morgan fingerprint density at radius 3 is 2.70 bits per heavy atom. The van der Waals surface area contributed by atoms with Crippen LogP contribution in [0.25, 0.3) is 0 Å². The molecule has 2 aliphatic carbocycles. The summed E-state index contributed by atoms with van der Waals surface area (Å²) in [4.78, 5) is 11.7. The predicted molar refractivity (Wildman–Crippen MR) is 73.3 cm³/mol. The van der Waals surface area contributed by atoms with Crippen molar-refractivity contribution in [3.05, 3.63) is 47.0 Å². The fourth-order valence-corrected chi connectivity index (χ4v) is 3.77. The standard InChI is InChI=1S/C16H18O4/c1-9-6-7-16(14(18)13(9)17)11-5-3-2-4-10(11)8-12(16)15(19)20/h2-6,12-14,17-18H,7-8H2,1H3,(H,19,20)/t12-,13-,14-,16+/m1/s1. The summed E-state index contributed by atoms with van der Waals surface area (Å²) in [5, 5.41) is 30.4. The smallest absolute Gasteiger partial charge is 0.307 e. The number of carbonyl (C=O) groups is 1. The van der Waals surface area contributed by atoms with Gasteiger partial charge in [-0.05, 0) is 36.5 Å². The number of aliphatic carboxylic acids is 1. The number of aliphatic hydroxyl groups is 2. The van der Waals surface area contributed by atoms with E-state index in [1.807, 2.05) is 30.3 Å². The van der Waals surface area contributed by atoms with Gasteiger partial charge >= 0.3 is 5.97 Å². The maximum atomic E-state index is 11.7. The third-order valence-electron chi connectivity index (χ3n) is 4.92. The molecule has 0 bridgehead atoms. The van der Waals surface area contributed by atoms with Crippen molar-refractivity contribution in [2.24, 2.45) is 5.92 Å². The molecule has 106 valence electrons. The molecule has 0 amide bonds. The zero-order valence-corrected chi connectivity index (χ0v) is 11.3. The number of rotatable bonds is 1. The molecule has 0 aromatic heterocycles. The minimum absolute atomic E-state index is 0.405. The van der Waals surface area contributed by atoms with E-state index in [0.717, 1.165) is 11.1 Å². The number of carboxylic acids is 1. The molecule has 4 nitrogen and oxygen atoms in total. The average Bonchev–Trinajstić information content (AvgIpc) is 2.77. The number of hydrogen-bond donors (Lipinski definition) is 3. The molecule has 0 heterocycles. The van der Waals surface area contributed by atoms with E-state index in [1.165, 1.54) is 0 Å². The Morgan fingerprint density at radius 2 is 2.00 bits per heavy atom. The largest absolute Gasteiger partial charge is 0.481 e. The molecule has 1 spiro atoms. The molecule has 0 unspecified atom stereocenters. The van der Waals surface area contributed by atoms with E-state index in [0.29, 0.717) is 18.4 Å². The second-order valence-electron chi connectivity index (χ2n) is 5.83. The SMILES string of the molecule is CC1=CC[C@@]2(c3ccccc3C[C@@H]2C(=O)O)[C@H](O)[C@@H]1O. The van der Waals surface area contributed by atoms with E-state index in [9.17, 15) is 20.1 Å². The van der Waals surface area contributed by atoms with Crippen LogP contribution < -0.4 is 0 Å². The van der Waals surface area contributed by atoms with Crippen LogP contribution in [0.5, 0.6) is 0 Å². The number of carboxylic acid groups (broad SMARTS) is 1. The van der Waals surface area contributed by atoms with Crippen LogP contribution in [0, 0.1) is 5.92 Å². The quantitative estimate of drug-likeness (QED) is 0.674. The van der Waals surface area contributed by atoms with Crippen molar-refractivity contribution >= 4 is 5.97 Å². The molecule has 1 aromatic carbocycles. The molecule has 4 atom stereocenters. The molecule has 0 radical (unpaired) electrons. The first kappa shape index (κ1) is 13.3. The zero-order valence-electron chi connectivity index (χ0n) is 11.3. The highest BCUT2D eigenvalue weighted by atomic mass is 16.4. The molecule has 1 aromatic rings. The Bertz CT molecular complexity index is 592. The minimum Gasteiger partial charge on any atom is -0.481 e. The minimum atomic E-state index is -1.09. The summed E-state index contributed by atoms with van der Waals surface area (Å²) in [5.41, 5.74) is 1.61. The lowest BCUT2D eigenvalue weighted by molar-refractivity contribution is -0.148. The van der Waals surface area contributed by atoms with Gasteiger partial charge in [0.1, 0.15) is 6.10 Å². The van der Waals surface area contributed by atoms with Crippen molar-refractivity contribution in [3.63, 3.8) is 0 Å². The maximum absolute atomic E-state index is 11.7. The molecule has 0 fully saturated rings. The molecule has 0 aliphatic heterocycles. The number of aliphatic hydroxyl groups excluding tert-OH is 2. The third kappa shape index (κ3) is 1.58. The van der Waals surface area contributed by atoms with E-state index in [4.69, 9.17) is 0 Å². The molecule has 0 saturated heterocycles. The summed E-state index contributed by atoms with van der Waals surface area (Å²) in [6.45, 7) is 1.76. The monoisotopic (exact) mass is 274 g/mol. The van der Waals surface area contributed by atoms with Gasteiger partial charge in [-0.15, -0.1) is 0 Å². The van der Waals surface area contributed by atoms with Crippen LogP contribution in [0.15, 0.2) is 35.9 Å². The molecule has 3 N–H and O–H groups in total. The fraction of sp³-hybridized carbons (Fsp3) is 0.438. The van der Waals surface area contributed by atoms with Crippen molar-refractivity contribution in [3.8, 4) is 0 Å². The van der Waals surface area contributed by atoms with E-state index in [1.54, 1.807) is 6.92 Å². The zero-order chi connectivity index (χ0) is 14.5. The Labute approximate surface area is 117 Å². The van der Waals surface area contributed by atoms with Crippen molar-refractivity contribution in [2.75, 3.05) is 0 Å². The van der Waals surface area contributed by atoms with Crippen LogP contribution >= 0.6 is 0 Å². The van der Waals surface area contributed by atoms with Crippen molar-refractivity contribution in [2.45, 2.75) is 37.4 Å². The molecule has 20 heavy (non-hydrogen) atoms. The summed E-state index contributed by atoms with van der Waals surface area (Å²) >= 11 is 0. The van der Waals surface area contributed by atoms with Gasteiger partial charge in [-0.3, -0.25) is 4.79 Å². The molecular weight excluding hydrogens is 256 g/mol. The molecule has 3 rings (SSSR count). The number of fused-ring (bicyclic) bond motifs is 2. The normalized spacial score (nSPS) is 35.8. The average molecular weight is 274 g/mol. The fourth-order valence-electron chi connectivity index (χ4n) is 3.77. The Balaban J connectivity index is 2.20. The van der Waals surface area contributed by atoms with Crippen molar-refractivity contribution < 1.29 is 20.1 Å². The van der Waals surface area contributed by atoms with Gasteiger partial charge < -0.3 is 15.3 Å². The summed E-state index contributed by atoms with van der Waals surface area (Å²) in [6.07, 6.45) is 0.622. The van der Waals surface area contributed by atoms with Crippen molar-refractivity contribution in [1.29, 1.82) is 0 Å². The molecule has 4 heteroatoms. The summed E-state index contributed by atoms with van der Waals surface area (Å²) < 4.78 is 0. The van der Waals surface area contributed by atoms with Gasteiger partial charge in [0.25, 0.3) is 0 Å². The number of hydrogen-bond acceptors (Lipinski definition) is 3. The van der Waals surface area contributed by atoms with E-state index < -0.39 is 29.5 Å². The summed E-state index contributed by atoms with van der Waals surface area (Å²) in [6, 6.07) is 7.52. The van der Waals surface area contributed by atoms with E-state index >= 15 is 0 Å². The highest BCUT2D eigenvalue weighted by molar-refractivity contribution is 5.75. The summed E-state index contributed by atoms with van der Waals surface area (Å²) in [7, 11) is 0. The third-order valence-corrected chi connectivity index (χ3v) is 4.92. The van der Waals surface area contributed by atoms with Gasteiger partial charge in [0, 0.05) is 5.41 Å². The summed E-state index contributed by atoms with van der Waals surface area (Å²) in [5.74, 6) is -1.62. The first-order valence-electron chi connectivity index (χ1n) is 6.82. The van der Waals surface area contributed by atoms with E-state index in [2.05, 4.69) is 0 Å².